The van der Waals surface area contributed by atoms with Crippen LogP contribution in [-0.4, -0.2) is 22.3 Å². The fraction of sp³-hybridized carbons (Fsp3) is 0.550. The van der Waals surface area contributed by atoms with Gasteiger partial charge in [0.25, 0.3) is 0 Å². The van der Waals surface area contributed by atoms with E-state index in [2.05, 4.69) is 0 Å². The Hall–Kier alpha value is -1.61. The number of unbranched alkanes of at least 4 members (excludes halogenated alkanes) is 2. The first-order valence-electron chi connectivity index (χ1n) is 11.9. The molecule has 0 aliphatic carbocycles. The molecule has 0 spiro atoms. The molecule has 0 rings (SSSR count). The van der Waals surface area contributed by atoms with Gasteiger partial charge in [0.15, 0.2) is 0 Å². The molecule has 130 valence electrons. The predicted molar refractivity (Wildman–Crippen MR) is 97.4 cm³/mol. The van der Waals surface area contributed by atoms with Gasteiger partial charge in [-0.15, -0.1) is 0 Å². The lowest BCUT2D eigenvalue weighted by molar-refractivity contribution is -0.137. The number of carbonyl (C=O) groups is 1. The van der Waals surface area contributed by atoms with Crippen LogP contribution < -0.4 is 0 Å². The van der Waals surface area contributed by atoms with Crippen LogP contribution in [0, 0.1) is 0 Å². The maximum absolute atomic E-state index is 10.5. The second-order valence-corrected chi connectivity index (χ2v) is 4.82. The van der Waals surface area contributed by atoms with Gasteiger partial charge in [0.05, 0.1) is 17.0 Å². The summed E-state index contributed by atoms with van der Waals surface area (Å²) in [5, 5.41) is 18.6. The van der Waals surface area contributed by atoms with Crippen LogP contribution in [0.3, 0.4) is 0 Å². The molecule has 3 nitrogen and oxygen atoms in total. The Balaban J connectivity index is 5.19. The van der Waals surface area contributed by atoms with Gasteiger partial charge in [0, 0.05) is 6.42 Å². The second-order valence-electron chi connectivity index (χ2n) is 4.82. The summed E-state index contributed by atoms with van der Waals surface area (Å²) < 4.78 is 62.8. The third-order valence-electron chi connectivity index (χ3n) is 2.73. The topological polar surface area (TPSA) is 57.5 Å². The van der Waals surface area contributed by atoms with Gasteiger partial charge in [-0.3, -0.25) is 4.79 Å². The Morgan fingerprint density at radius 3 is 2.52 bits per heavy atom. The van der Waals surface area contributed by atoms with Gasteiger partial charge >= 0.3 is 5.97 Å². The summed E-state index contributed by atoms with van der Waals surface area (Å²) in [5.41, 5.74) is 0. The van der Waals surface area contributed by atoms with Crippen LogP contribution in [0.2, 0.25) is 0 Å². The Bertz CT molecular complexity index is 739. The maximum atomic E-state index is 10.5. The van der Waals surface area contributed by atoms with E-state index in [0.29, 0.717) is 6.42 Å². The molecular formula is C20H32O3. The van der Waals surface area contributed by atoms with Gasteiger partial charge < -0.3 is 10.2 Å². The number of carboxylic acids is 1. The first kappa shape index (κ1) is 11.0. The smallest absolute Gasteiger partial charge is 0.303 e. The van der Waals surface area contributed by atoms with E-state index in [1.807, 2.05) is 6.92 Å². The van der Waals surface area contributed by atoms with Crippen molar-refractivity contribution in [2.75, 3.05) is 0 Å². The number of carboxylic acid groups (broad SMARTS) is 1. The van der Waals surface area contributed by atoms with E-state index in [9.17, 15) is 9.90 Å². The monoisotopic (exact) mass is 336 g/mol. The third-order valence-corrected chi connectivity index (χ3v) is 2.73. The van der Waals surface area contributed by atoms with Crippen molar-refractivity contribution >= 4 is 5.97 Å². The molecular weight excluding hydrogens is 288 g/mol. The zero-order valence-electron chi connectivity index (χ0n) is 21.7. The van der Waals surface area contributed by atoms with Crippen molar-refractivity contribution in [3.05, 3.63) is 48.4 Å². The lowest BCUT2D eigenvalue weighted by Crippen LogP contribution is -2.00. The van der Waals surface area contributed by atoms with Crippen molar-refractivity contribution in [3.63, 3.8) is 0 Å². The molecule has 0 saturated heterocycles. The molecule has 0 saturated carbocycles. The standard InChI is InChI=1S/C20H32O3/c1-2-3-13-16-19(21)17-14-11-9-7-5-4-6-8-10-12-15-18-20(22)23/h4-5,8-11,14,17,19,21H,2-3,6-7,12-13,15-16,18H2,1H3,(H,22,23)/b5-4-,10-8-,11-9-,17-14+/t19-/m0/s1/i4T,5T,8T,9T,10T,11T,17T,19T. The van der Waals surface area contributed by atoms with Crippen LogP contribution in [0.1, 0.15) is 75.7 Å². The van der Waals surface area contributed by atoms with Gasteiger partial charge in [-0.05, 0) is 32.1 Å². The molecule has 0 bridgehead atoms. The molecule has 0 heterocycles. The highest BCUT2D eigenvalue weighted by molar-refractivity contribution is 5.66. The van der Waals surface area contributed by atoms with E-state index in [-0.39, 0.29) is 62.4 Å². The molecule has 0 aromatic heterocycles. The molecule has 0 fully saturated rings. The zero-order chi connectivity index (χ0) is 24.2. The van der Waals surface area contributed by atoms with Gasteiger partial charge in [-0.1, -0.05) is 74.6 Å². The molecule has 0 amide bonds. The molecule has 0 radical (unpaired) electrons. The SMILES string of the molecule is [3H]C(/C=C(\[3H])[C@@]([3H])(O)CCCCC)=C(\[3H])C/C([3H])=C(/[3H])C/C([3H])=C(/[3H])CCCC(=O)O. The summed E-state index contributed by atoms with van der Waals surface area (Å²) in [4.78, 5) is 10.5. The van der Waals surface area contributed by atoms with Crippen molar-refractivity contribution in [1.82, 2.24) is 0 Å². The average molecular weight is 337 g/mol. The quantitative estimate of drug-likeness (QED) is 0.261. The number of allylic oxidation sites excluding steroid dienone is 7. The van der Waals surface area contributed by atoms with Crippen LogP contribution in [0.25, 0.3) is 0 Å². The summed E-state index contributed by atoms with van der Waals surface area (Å²) in [7, 11) is 0. The summed E-state index contributed by atoms with van der Waals surface area (Å²) >= 11 is 0. The zero-order valence-corrected chi connectivity index (χ0v) is 13.7. The molecule has 23 heavy (non-hydrogen) atoms. The van der Waals surface area contributed by atoms with Crippen molar-refractivity contribution in [1.29, 1.82) is 0 Å². The molecule has 0 aliphatic rings. The van der Waals surface area contributed by atoms with Crippen molar-refractivity contribution < 1.29 is 26.0 Å². The van der Waals surface area contributed by atoms with Gasteiger partial charge in [-0.2, -0.15) is 0 Å². The van der Waals surface area contributed by atoms with Crippen LogP contribution in [0.15, 0.2) is 48.4 Å². The summed E-state index contributed by atoms with van der Waals surface area (Å²) in [5.74, 6) is -0.996. The maximum Gasteiger partial charge on any atom is 0.303 e. The number of hydrogen-bond donors (Lipinski definition) is 2. The third kappa shape index (κ3) is 18.3. The van der Waals surface area contributed by atoms with Crippen molar-refractivity contribution in [3.8, 4) is 0 Å². The Labute approximate surface area is 152 Å². The highest BCUT2D eigenvalue weighted by atomic mass is 16.4. The van der Waals surface area contributed by atoms with Crippen LogP contribution >= 0.6 is 0 Å². The largest absolute Gasteiger partial charge is 0.481 e. The van der Waals surface area contributed by atoms with E-state index in [1.54, 1.807) is 0 Å². The number of rotatable bonds is 14. The molecule has 1 atom stereocenters. The van der Waals surface area contributed by atoms with E-state index < -0.39 is 30.6 Å². The van der Waals surface area contributed by atoms with E-state index >= 15 is 0 Å². The molecule has 0 aromatic carbocycles. The minimum absolute atomic E-state index is 0.0395. The van der Waals surface area contributed by atoms with E-state index in [1.165, 1.54) is 0 Å². The lowest BCUT2D eigenvalue weighted by Gasteiger charge is -2.02. The second kappa shape index (κ2) is 16.8. The van der Waals surface area contributed by atoms with Gasteiger partial charge in [0.2, 0.25) is 0 Å². The fourth-order valence-electron chi connectivity index (χ4n) is 1.53. The van der Waals surface area contributed by atoms with Crippen LogP contribution in [0.5, 0.6) is 0 Å². The van der Waals surface area contributed by atoms with E-state index in [4.69, 9.17) is 16.1 Å². The van der Waals surface area contributed by atoms with Crippen LogP contribution in [0.4, 0.5) is 0 Å². The number of aliphatic hydroxyl groups is 1. The normalized spacial score (nSPS) is 23.1. The summed E-state index contributed by atoms with van der Waals surface area (Å²) in [6.45, 7) is 1.97. The Morgan fingerprint density at radius 1 is 1.13 bits per heavy atom. The Morgan fingerprint density at radius 2 is 1.83 bits per heavy atom. The molecule has 0 aromatic rings. The predicted octanol–water partition coefficient (Wildman–Crippen LogP) is 5.19. The minimum Gasteiger partial charge on any atom is -0.481 e. The minimum atomic E-state index is -2.15. The first-order valence-corrected chi connectivity index (χ1v) is 7.91. The van der Waals surface area contributed by atoms with Gasteiger partial charge in [0.1, 0.15) is 0 Å². The van der Waals surface area contributed by atoms with Crippen molar-refractivity contribution in [2.24, 2.45) is 0 Å². The highest BCUT2D eigenvalue weighted by Gasteiger charge is 1.96. The lowest BCUT2D eigenvalue weighted by atomic mass is 10.1. The Kier molecular flexibility index (Phi) is 8.04. The van der Waals surface area contributed by atoms with Gasteiger partial charge in [-0.25, -0.2) is 0 Å². The molecule has 0 unspecified atom stereocenters. The van der Waals surface area contributed by atoms with Crippen LogP contribution in [-0.2, 0) is 4.79 Å². The first-order chi connectivity index (χ1) is 14.3. The average Bonchev–Trinajstić information content (AvgIpc) is 2.67. The molecule has 3 heteroatoms. The highest BCUT2D eigenvalue weighted by Crippen LogP contribution is 2.04. The molecule has 2 N–H and O–H groups in total. The number of aliphatic carboxylic acids is 1. The molecule has 0 aliphatic heterocycles. The summed E-state index contributed by atoms with van der Waals surface area (Å²) in [6, 6.07) is -2.26. The fourth-order valence-corrected chi connectivity index (χ4v) is 1.53. The number of hydrogen-bond acceptors (Lipinski definition) is 2. The van der Waals surface area contributed by atoms with Crippen molar-refractivity contribution in [2.45, 2.75) is 70.8 Å². The van der Waals surface area contributed by atoms with E-state index in [0.717, 1.165) is 18.9 Å². The summed E-state index contributed by atoms with van der Waals surface area (Å²) in [6.07, 6.45) is 0.476.